The Morgan fingerprint density at radius 1 is 1.48 bits per heavy atom. The summed E-state index contributed by atoms with van der Waals surface area (Å²) in [6, 6.07) is 7.03. The van der Waals surface area contributed by atoms with Gasteiger partial charge in [0.25, 0.3) is 5.91 Å². The highest BCUT2D eigenvalue weighted by Gasteiger charge is 2.09. The Morgan fingerprint density at radius 3 is 3.10 bits per heavy atom. The van der Waals surface area contributed by atoms with Gasteiger partial charge in [-0.1, -0.05) is 17.4 Å². The molecular formula is C14H14N4O2S. The van der Waals surface area contributed by atoms with Crippen LogP contribution in [0.5, 0.6) is 5.75 Å². The summed E-state index contributed by atoms with van der Waals surface area (Å²) in [6.45, 7) is 2.30. The maximum Gasteiger partial charge on any atom is 0.251 e. The summed E-state index contributed by atoms with van der Waals surface area (Å²) < 4.78 is 6.84. The number of nitrogens with one attached hydrogen (secondary N) is 1. The number of imidazole rings is 1. The van der Waals surface area contributed by atoms with Gasteiger partial charge < -0.3 is 10.1 Å². The monoisotopic (exact) mass is 302 g/mol. The second kappa shape index (κ2) is 5.53. The molecule has 6 nitrogen and oxygen atoms in total. The van der Waals surface area contributed by atoms with Gasteiger partial charge in [0.1, 0.15) is 10.8 Å². The molecule has 3 aromatic rings. The molecule has 0 saturated heterocycles. The normalized spacial score (nSPS) is 10.8. The molecular weight excluding hydrogens is 288 g/mol. The highest BCUT2D eigenvalue weighted by atomic mass is 32.1. The van der Waals surface area contributed by atoms with E-state index in [2.05, 4.69) is 15.4 Å². The van der Waals surface area contributed by atoms with E-state index < -0.39 is 0 Å². The van der Waals surface area contributed by atoms with Crippen LogP contribution in [0.15, 0.2) is 30.5 Å². The van der Waals surface area contributed by atoms with Gasteiger partial charge in [0.15, 0.2) is 0 Å². The van der Waals surface area contributed by atoms with Crippen LogP contribution in [0.3, 0.4) is 0 Å². The summed E-state index contributed by atoms with van der Waals surface area (Å²) in [5.74, 6) is 0.499. The number of amides is 1. The SMILES string of the molecule is COc1cccc(C(=O)NCc2cn3nc(C)sc3n2)c1. The first-order chi connectivity index (χ1) is 10.2. The van der Waals surface area contributed by atoms with E-state index in [0.29, 0.717) is 17.9 Å². The van der Waals surface area contributed by atoms with Crippen molar-refractivity contribution in [3.63, 3.8) is 0 Å². The molecule has 1 amide bonds. The number of carbonyl (C=O) groups is 1. The number of rotatable bonds is 4. The lowest BCUT2D eigenvalue weighted by molar-refractivity contribution is 0.0950. The zero-order valence-electron chi connectivity index (χ0n) is 11.7. The summed E-state index contributed by atoms with van der Waals surface area (Å²) in [7, 11) is 1.57. The van der Waals surface area contributed by atoms with Gasteiger partial charge in [-0.25, -0.2) is 9.50 Å². The lowest BCUT2D eigenvalue weighted by Gasteiger charge is -2.05. The van der Waals surface area contributed by atoms with Gasteiger partial charge in [0, 0.05) is 5.56 Å². The predicted octanol–water partition coefficient (Wildman–Crippen LogP) is 2.04. The fraction of sp³-hybridized carbons (Fsp3) is 0.214. The van der Waals surface area contributed by atoms with E-state index in [1.165, 1.54) is 11.3 Å². The third kappa shape index (κ3) is 2.87. The summed E-state index contributed by atoms with van der Waals surface area (Å²) >= 11 is 1.52. The molecule has 1 aromatic carbocycles. The van der Waals surface area contributed by atoms with E-state index >= 15 is 0 Å². The number of hydrogen-bond donors (Lipinski definition) is 1. The number of carbonyl (C=O) groups excluding carboxylic acids is 1. The minimum Gasteiger partial charge on any atom is -0.497 e. The Balaban J connectivity index is 1.68. The van der Waals surface area contributed by atoms with E-state index in [1.807, 2.05) is 13.1 Å². The number of aryl methyl sites for hydroxylation is 1. The number of ether oxygens (including phenoxy) is 1. The molecule has 0 aliphatic carbocycles. The Bertz CT molecular complexity index is 762. The van der Waals surface area contributed by atoms with Crippen molar-refractivity contribution in [2.45, 2.75) is 13.5 Å². The van der Waals surface area contributed by atoms with Crippen molar-refractivity contribution in [1.29, 1.82) is 0 Å². The fourth-order valence-electron chi connectivity index (χ4n) is 1.97. The quantitative estimate of drug-likeness (QED) is 0.801. The second-order valence-electron chi connectivity index (χ2n) is 4.50. The minimum atomic E-state index is -0.158. The highest BCUT2D eigenvalue weighted by Crippen LogP contribution is 2.14. The summed E-state index contributed by atoms with van der Waals surface area (Å²) in [5, 5.41) is 8.09. The average Bonchev–Trinajstić information content (AvgIpc) is 3.01. The van der Waals surface area contributed by atoms with Gasteiger partial charge >= 0.3 is 0 Å². The average molecular weight is 302 g/mol. The first kappa shape index (κ1) is 13.6. The van der Waals surface area contributed by atoms with Crippen LogP contribution < -0.4 is 10.1 Å². The van der Waals surface area contributed by atoms with Crippen molar-refractivity contribution >= 4 is 22.2 Å². The number of aromatic nitrogens is 3. The van der Waals surface area contributed by atoms with Gasteiger partial charge in [-0.15, -0.1) is 0 Å². The molecule has 0 radical (unpaired) electrons. The molecule has 2 heterocycles. The molecule has 3 rings (SSSR count). The van der Waals surface area contributed by atoms with Crippen LogP contribution in [0, 0.1) is 6.92 Å². The minimum absolute atomic E-state index is 0.158. The fourth-order valence-corrected chi connectivity index (χ4v) is 2.71. The Hall–Kier alpha value is -2.41. The number of methoxy groups -OCH3 is 1. The molecule has 0 aliphatic heterocycles. The van der Waals surface area contributed by atoms with Crippen molar-refractivity contribution in [1.82, 2.24) is 19.9 Å². The van der Waals surface area contributed by atoms with Crippen LogP contribution in [0.2, 0.25) is 0 Å². The predicted molar refractivity (Wildman–Crippen MR) is 79.8 cm³/mol. The first-order valence-corrected chi connectivity index (χ1v) is 7.21. The van der Waals surface area contributed by atoms with Gasteiger partial charge in [-0.05, 0) is 25.1 Å². The van der Waals surface area contributed by atoms with Crippen LogP contribution in [-0.2, 0) is 6.54 Å². The molecule has 0 aliphatic rings. The van der Waals surface area contributed by atoms with Crippen LogP contribution in [-0.4, -0.2) is 27.6 Å². The van der Waals surface area contributed by atoms with E-state index in [1.54, 1.807) is 35.9 Å². The van der Waals surface area contributed by atoms with Crippen molar-refractivity contribution in [2.75, 3.05) is 7.11 Å². The molecule has 108 valence electrons. The number of hydrogen-bond acceptors (Lipinski definition) is 5. The van der Waals surface area contributed by atoms with Gasteiger partial charge in [-0.2, -0.15) is 5.10 Å². The van der Waals surface area contributed by atoms with Crippen LogP contribution >= 0.6 is 11.3 Å². The van der Waals surface area contributed by atoms with E-state index in [-0.39, 0.29) is 5.91 Å². The van der Waals surface area contributed by atoms with E-state index in [4.69, 9.17) is 4.74 Å². The third-order valence-corrected chi connectivity index (χ3v) is 3.79. The first-order valence-electron chi connectivity index (χ1n) is 6.39. The Kier molecular flexibility index (Phi) is 3.57. The molecule has 2 aromatic heterocycles. The zero-order valence-corrected chi connectivity index (χ0v) is 12.5. The molecule has 0 saturated carbocycles. The number of fused-ring (bicyclic) bond motifs is 1. The van der Waals surface area contributed by atoms with Crippen molar-refractivity contribution in [3.8, 4) is 5.75 Å². The van der Waals surface area contributed by atoms with Crippen LogP contribution in [0.4, 0.5) is 0 Å². The molecule has 0 spiro atoms. The highest BCUT2D eigenvalue weighted by molar-refractivity contribution is 7.16. The Morgan fingerprint density at radius 2 is 2.33 bits per heavy atom. The van der Waals surface area contributed by atoms with Crippen molar-refractivity contribution in [2.24, 2.45) is 0 Å². The lowest BCUT2D eigenvalue weighted by atomic mass is 10.2. The Labute approximate surface area is 125 Å². The van der Waals surface area contributed by atoms with Crippen LogP contribution in [0.25, 0.3) is 4.96 Å². The molecule has 0 unspecified atom stereocenters. The molecule has 1 N–H and O–H groups in total. The molecule has 21 heavy (non-hydrogen) atoms. The summed E-state index contributed by atoms with van der Waals surface area (Å²) in [4.78, 5) is 17.3. The van der Waals surface area contributed by atoms with Crippen LogP contribution in [0.1, 0.15) is 21.1 Å². The molecule has 0 atom stereocenters. The van der Waals surface area contributed by atoms with Gasteiger partial charge in [0.2, 0.25) is 4.96 Å². The second-order valence-corrected chi connectivity index (χ2v) is 5.66. The smallest absolute Gasteiger partial charge is 0.251 e. The maximum atomic E-state index is 12.1. The summed E-state index contributed by atoms with van der Waals surface area (Å²) in [6.07, 6.45) is 1.82. The van der Waals surface area contributed by atoms with Gasteiger partial charge in [-0.3, -0.25) is 4.79 Å². The molecule has 7 heteroatoms. The van der Waals surface area contributed by atoms with Crippen molar-refractivity contribution in [3.05, 3.63) is 46.7 Å². The summed E-state index contributed by atoms with van der Waals surface area (Å²) in [5.41, 5.74) is 1.34. The van der Waals surface area contributed by atoms with Crippen molar-refractivity contribution < 1.29 is 9.53 Å². The number of benzene rings is 1. The molecule has 0 fully saturated rings. The van der Waals surface area contributed by atoms with Gasteiger partial charge in [0.05, 0.1) is 25.5 Å². The number of nitrogens with zero attached hydrogens (tertiary/aromatic N) is 3. The third-order valence-electron chi connectivity index (χ3n) is 2.96. The zero-order chi connectivity index (χ0) is 14.8. The molecule has 0 bridgehead atoms. The largest absolute Gasteiger partial charge is 0.497 e. The lowest BCUT2D eigenvalue weighted by Crippen LogP contribution is -2.22. The maximum absolute atomic E-state index is 12.1. The van der Waals surface area contributed by atoms with E-state index in [0.717, 1.165) is 15.7 Å². The topological polar surface area (TPSA) is 68.5 Å². The standard InChI is InChI=1S/C14H14N4O2S/c1-9-17-18-8-11(16-14(18)21-9)7-15-13(19)10-4-3-5-12(6-10)20-2/h3-6,8H,7H2,1-2H3,(H,15,19). The van der Waals surface area contributed by atoms with E-state index in [9.17, 15) is 4.79 Å².